The third-order valence-corrected chi connectivity index (χ3v) is 5.72. The standard InChI is InChI=1S/C21H21ClN2O3/c1-27-18-10-9-13(12-16(18)22)23-20(25)19-14-6-2-3-7-15(14)21(26)24-11-5-4-8-17(19)24/h2-3,6-7,9-10,12,17,19H,4-5,8,11H2,1H3,(H,23,25)/t17-,19+/m0/s1. The van der Waals surface area contributed by atoms with Gasteiger partial charge in [0.05, 0.1) is 18.1 Å². The highest BCUT2D eigenvalue weighted by Gasteiger charge is 2.43. The molecule has 2 aliphatic rings. The highest BCUT2D eigenvalue weighted by atomic mass is 35.5. The fourth-order valence-corrected chi connectivity index (χ4v) is 4.42. The molecule has 2 aromatic carbocycles. The van der Waals surface area contributed by atoms with Crippen LogP contribution in [0.25, 0.3) is 0 Å². The monoisotopic (exact) mass is 384 g/mol. The van der Waals surface area contributed by atoms with Gasteiger partial charge in [-0.05, 0) is 49.1 Å². The van der Waals surface area contributed by atoms with Crippen molar-refractivity contribution in [2.24, 2.45) is 0 Å². The molecule has 6 heteroatoms. The van der Waals surface area contributed by atoms with Crippen molar-refractivity contribution in [3.8, 4) is 5.75 Å². The molecule has 1 N–H and O–H groups in total. The van der Waals surface area contributed by atoms with Gasteiger partial charge in [0.1, 0.15) is 5.75 Å². The van der Waals surface area contributed by atoms with E-state index in [0.717, 1.165) is 24.8 Å². The molecule has 0 radical (unpaired) electrons. The van der Waals surface area contributed by atoms with Crippen molar-refractivity contribution in [2.45, 2.75) is 31.2 Å². The highest BCUT2D eigenvalue weighted by Crippen LogP contribution is 2.39. The fraction of sp³-hybridized carbons (Fsp3) is 0.333. The minimum Gasteiger partial charge on any atom is -0.495 e. The van der Waals surface area contributed by atoms with Gasteiger partial charge in [-0.15, -0.1) is 0 Å². The Morgan fingerprint density at radius 2 is 2.04 bits per heavy atom. The largest absolute Gasteiger partial charge is 0.495 e. The molecule has 140 valence electrons. The molecule has 1 fully saturated rings. The van der Waals surface area contributed by atoms with Crippen LogP contribution in [0.3, 0.4) is 0 Å². The maximum absolute atomic E-state index is 13.2. The van der Waals surface area contributed by atoms with Gasteiger partial charge in [-0.25, -0.2) is 0 Å². The summed E-state index contributed by atoms with van der Waals surface area (Å²) >= 11 is 6.18. The predicted molar refractivity (Wildman–Crippen MR) is 104 cm³/mol. The van der Waals surface area contributed by atoms with Gasteiger partial charge in [-0.1, -0.05) is 29.8 Å². The number of hydrogen-bond acceptors (Lipinski definition) is 3. The van der Waals surface area contributed by atoms with Gasteiger partial charge in [0.15, 0.2) is 0 Å². The van der Waals surface area contributed by atoms with Gasteiger partial charge in [0, 0.05) is 23.8 Å². The van der Waals surface area contributed by atoms with Gasteiger partial charge >= 0.3 is 0 Å². The lowest BCUT2D eigenvalue weighted by Crippen LogP contribution is -2.53. The average Bonchev–Trinajstić information content (AvgIpc) is 2.68. The molecule has 0 aromatic heterocycles. The van der Waals surface area contributed by atoms with E-state index in [4.69, 9.17) is 16.3 Å². The van der Waals surface area contributed by atoms with E-state index >= 15 is 0 Å². The number of amides is 2. The number of anilines is 1. The van der Waals surface area contributed by atoms with E-state index in [1.165, 1.54) is 0 Å². The number of nitrogens with one attached hydrogen (secondary N) is 1. The van der Waals surface area contributed by atoms with Gasteiger partial charge in [-0.2, -0.15) is 0 Å². The number of carbonyl (C=O) groups is 2. The van der Waals surface area contributed by atoms with Gasteiger partial charge < -0.3 is 15.0 Å². The number of halogens is 1. The Labute approximate surface area is 163 Å². The van der Waals surface area contributed by atoms with Crippen LogP contribution in [0.5, 0.6) is 5.75 Å². The molecule has 0 saturated carbocycles. The Morgan fingerprint density at radius 1 is 1.22 bits per heavy atom. The zero-order valence-electron chi connectivity index (χ0n) is 15.1. The Hall–Kier alpha value is -2.53. The van der Waals surface area contributed by atoms with E-state index in [-0.39, 0.29) is 23.8 Å². The minimum atomic E-state index is -0.389. The number of nitrogens with zero attached hydrogens (tertiary/aromatic N) is 1. The van der Waals surface area contributed by atoms with E-state index in [9.17, 15) is 9.59 Å². The zero-order valence-corrected chi connectivity index (χ0v) is 15.8. The Bertz CT molecular complexity index is 899. The van der Waals surface area contributed by atoms with Crippen molar-refractivity contribution in [3.05, 3.63) is 58.6 Å². The first-order valence-corrected chi connectivity index (χ1v) is 9.52. The summed E-state index contributed by atoms with van der Waals surface area (Å²) in [6.45, 7) is 0.704. The SMILES string of the molecule is COc1ccc(NC(=O)[C@@H]2c3ccccc3C(=O)N3CCCC[C@@H]23)cc1Cl. The molecule has 2 aliphatic heterocycles. The first-order chi connectivity index (χ1) is 13.1. The predicted octanol–water partition coefficient (Wildman–Crippen LogP) is 4.08. The Kier molecular flexibility index (Phi) is 4.79. The Morgan fingerprint density at radius 3 is 2.81 bits per heavy atom. The van der Waals surface area contributed by atoms with Crippen LogP contribution in [0.1, 0.15) is 41.1 Å². The number of rotatable bonds is 3. The van der Waals surface area contributed by atoms with E-state index in [1.54, 1.807) is 25.3 Å². The summed E-state index contributed by atoms with van der Waals surface area (Å²) in [6.07, 6.45) is 2.84. The lowest BCUT2D eigenvalue weighted by atomic mass is 9.78. The van der Waals surface area contributed by atoms with Crippen molar-refractivity contribution in [3.63, 3.8) is 0 Å². The van der Waals surface area contributed by atoms with Crippen LogP contribution >= 0.6 is 11.6 Å². The number of methoxy groups -OCH3 is 1. The molecule has 0 bridgehead atoms. The second-order valence-electron chi connectivity index (χ2n) is 6.97. The molecule has 2 amide bonds. The minimum absolute atomic E-state index is 0.0341. The van der Waals surface area contributed by atoms with E-state index < -0.39 is 0 Å². The number of ether oxygens (including phenoxy) is 1. The van der Waals surface area contributed by atoms with Gasteiger partial charge in [0.2, 0.25) is 5.91 Å². The molecule has 2 aromatic rings. The van der Waals surface area contributed by atoms with Crippen molar-refractivity contribution in [2.75, 3.05) is 19.0 Å². The molecule has 0 aliphatic carbocycles. The molecule has 4 rings (SSSR count). The summed E-state index contributed by atoms with van der Waals surface area (Å²) in [4.78, 5) is 28.0. The summed E-state index contributed by atoms with van der Waals surface area (Å²) < 4.78 is 5.16. The van der Waals surface area contributed by atoms with Gasteiger partial charge in [0.25, 0.3) is 5.91 Å². The van der Waals surface area contributed by atoms with Crippen LogP contribution in [-0.2, 0) is 4.79 Å². The summed E-state index contributed by atoms with van der Waals surface area (Å²) in [5.41, 5.74) is 2.05. The first kappa shape index (κ1) is 17.9. The number of hydrogen-bond donors (Lipinski definition) is 1. The molecular weight excluding hydrogens is 364 g/mol. The highest BCUT2D eigenvalue weighted by molar-refractivity contribution is 6.32. The van der Waals surface area contributed by atoms with Crippen molar-refractivity contribution < 1.29 is 14.3 Å². The Balaban J connectivity index is 1.68. The van der Waals surface area contributed by atoms with Crippen LogP contribution in [0, 0.1) is 0 Å². The summed E-state index contributed by atoms with van der Waals surface area (Å²) in [7, 11) is 1.55. The summed E-state index contributed by atoms with van der Waals surface area (Å²) in [6, 6.07) is 12.5. The topological polar surface area (TPSA) is 58.6 Å². The van der Waals surface area contributed by atoms with Crippen LogP contribution in [0.15, 0.2) is 42.5 Å². The fourth-order valence-electron chi connectivity index (χ4n) is 4.16. The molecule has 0 spiro atoms. The van der Waals surface area contributed by atoms with E-state index in [1.807, 2.05) is 29.2 Å². The summed E-state index contributed by atoms with van der Waals surface area (Å²) in [5, 5.41) is 3.41. The third-order valence-electron chi connectivity index (χ3n) is 5.42. The van der Waals surface area contributed by atoms with Crippen LogP contribution < -0.4 is 10.1 Å². The number of benzene rings is 2. The normalized spacial score (nSPS) is 21.3. The second kappa shape index (κ2) is 7.24. The zero-order chi connectivity index (χ0) is 19.0. The lowest BCUT2D eigenvalue weighted by Gasteiger charge is -2.44. The van der Waals surface area contributed by atoms with Crippen molar-refractivity contribution >= 4 is 29.1 Å². The van der Waals surface area contributed by atoms with Crippen molar-refractivity contribution in [1.29, 1.82) is 0 Å². The van der Waals surface area contributed by atoms with Crippen molar-refractivity contribution in [1.82, 2.24) is 4.90 Å². The molecule has 2 heterocycles. The van der Waals surface area contributed by atoms with Crippen LogP contribution in [0.4, 0.5) is 5.69 Å². The smallest absolute Gasteiger partial charge is 0.254 e. The molecule has 27 heavy (non-hydrogen) atoms. The first-order valence-electron chi connectivity index (χ1n) is 9.14. The molecule has 1 saturated heterocycles. The van der Waals surface area contributed by atoms with Crippen LogP contribution in [0.2, 0.25) is 5.02 Å². The second-order valence-corrected chi connectivity index (χ2v) is 7.37. The molecule has 2 atom stereocenters. The number of piperidine rings is 1. The number of fused-ring (bicyclic) bond motifs is 2. The maximum atomic E-state index is 13.2. The van der Waals surface area contributed by atoms with E-state index in [2.05, 4.69) is 5.32 Å². The number of carbonyl (C=O) groups excluding carboxylic acids is 2. The van der Waals surface area contributed by atoms with E-state index in [0.29, 0.717) is 28.6 Å². The van der Waals surface area contributed by atoms with Gasteiger partial charge in [-0.3, -0.25) is 9.59 Å². The summed E-state index contributed by atoms with van der Waals surface area (Å²) in [5.74, 6) is 0.0849. The molecule has 0 unspecified atom stereocenters. The van der Waals surface area contributed by atoms with Crippen LogP contribution in [-0.4, -0.2) is 36.4 Å². The molecular formula is C21H21ClN2O3. The average molecular weight is 385 g/mol. The third kappa shape index (κ3) is 3.16. The lowest BCUT2D eigenvalue weighted by molar-refractivity contribution is -0.119. The quantitative estimate of drug-likeness (QED) is 0.867. The molecule has 5 nitrogen and oxygen atoms in total. The maximum Gasteiger partial charge on any atom is 0.254 e.